The Labute approximate surface area is 146 Å². The number of nitrogens with one attached hydrogen (secondary N) is 2. The molecule has 21 heavy (non-hydrogen) atoms. The third-order valence-corrected chi connectivity index (χ3v) is 5.04. The summed E-state index contributed by atoms with van der Waals surface area (Å²) < 4.78 is 5.89. The lowest BCUT2D eigenvalue weighted by Crippen LogP contribution is -2.68. The average Bonchev–Trinajstić information content (AvgIpc) is 2.38. The van der Waals surface area contributed by atoms with Gasteiger partial charge in [0.2, 0.25) is 0 Å². The van der Waals surface area contributed by atoms with Crippen LogP contribution in [0.4, 0.5) is 0 Å². The predicted octanol–water partition coefficient (Wildman–Crippen LogP) is 3.31. The summed E-state index contributed by atoms with van der Waals surface area (Å²) >= 11 is 0. The normalized spacial score (nSPS) is 26.5. The van der Waals surface area contributed by atoms with Crippen molar-refractivity contribution in [2.45, 2.75) is 70.9 Å². The highest BCUT2D eigenvalue weighted by Gasteiger charge is 2.59. The highest BCUT2D eigenvalue weighted by Crippen LogP contribution is 2.57. The van der Waals surface area contributed by atoms with Crippen molar-refractivity contribution in [3.8, 4) is 0 Å². The topological polar surface area (TPSA) is 45.7 Å². The fraction of sp³-hybridized carbons (Fsp3) is 0.938. The molecule has 0 aromatic heterocycles. The summed E-state index contributed by atoms with van der Waals surface area (Å²) in [6.45, 7) is 6.18. The Morgan fingerprint density at radius 3 is 2.57 bits per heavy atom. The first kappa shape index (κ1) is 19.0. The van der Waals surface area contributed by atoms with E-state index in [9.17, 15) is 0 Å². The molecule has 2 atom stereocenters. The highest BCUT2D eigenvalue weighted by atomic mass is 127. The summed E-state index contributed by atoms with van der Waals surface area (Å²) in [6.07, 6.45) is 9.32. The lowest BCUT2D eigenvalue weighted by molar-refractivity contribution is -0.168. The van der Waals surface area contributed by atoms with Crippen molar-refractivity contribution in [3.05, 3.63) is 0 Å². The molecule has 1 spiro atoms. The zero-order chi connectivity index (χ0) is 14.4. The van der Waals surface area contributed by atoms with Crippen LogP contribution in [-0.2, 0) is 4.74 Å². The Morgan fingerprint density at radius 2 is 2.05 bits per heavy atom. The molecule has 2 aliphatic carbocycles. The van der Waals surface area contributed by atoms with E-state index in [4.69, 9.17) is 4.74 Å². The first-order valence-corrected chi connectivity index (χ1v) is 8.35. The molecular formula is C16H32IN3O. The van der Waals surface area contributed by atoms with E-state index in [0.29, 0.717) is 17.6 Å². The van der Waals surface area contributed by atoms with Gasteiger partial charge in [0, 0.05) is 31.7 Å². The largest absolute Gasteiger partial charge is 0.378 e. The number of hydrogen-bond donors (Lipinski definition) is 2. The van der Waals surface area contributed by atoms with Crippen LogP contribution in [0.15, 0.2) is 4.99 Å². The van der Waals surface area contributed by atoms with Gasteiger partial charge in [-0.25, -0.2) is 0 Å². The van der Waals surface area contributed by atoms with Crippen LogP contribution in [0, 0.1) is 5.41 Å². The molecular weight excluding hydrogens is 377 g/mol. The van der Waals surface area contributed by atoms with Crippen molar-refractivity contribution < 1.29 is 4.74 Å². The van der Waals surface area contributed by atoms with E-state index < -0.39 is 0 Å². The molecule has 5 heteroatoms. The summed E-state index contributed by atoms with van der Waals surface area (Å²) in [5.41, 5.74) is 0.400. The summed E-state index contributed by atoms with van der Waals surface area (Å²) in [4.78, 5) is 4.36. The SMILES string of the molecule is CCCCCNC(=NC)NC1CC(OCC)C12CCC2.I. The standard InChI is InChI=1S/C16H31N3O.HI/c1-4-6-7-11-18-15(17-3)19-13-12-14(20-5-2)16(13)9-8-10-16;/h13-14H,4-12H2,1-3H3,(H2,17,18,19);1H. The number of aliphatic imine (C=N–C) groups is 1. The van der Waals surface area contributed by atoms with Gasteiger partial charge in [0.05, 0.1) is 6.10 Å². The van der Waals surface area contributed by atoms with Gasteiger partial charge in [-0.3, -0.25) is 4.99 Å². The zero-order valence-corrected chi connectivity index (χ0v) is 16.1. The van der Waals surface area contributed by atoms with Gasteiger partial charge in [-0.2, -0.15) is 0 Å². The molecule has 2 saturated carbocycles. The minimum Gasteiger partial charge on any atom is -0.378 e. The van der Waals surface area contributed by atoms with Crippen LogP contribution in [-0.4, -0.2) is 38.3 Å². The van der Waals surface area contributed by atoms with Gasteiger partial charge in [0.1, 0.15) is 0 Å². The second-order valence-electron chi connectivity index (χ2n) is 6.17. The summed E-state index contributed by atoms with van der Waals surface area (Å²) in [6, 6.07) is 0.546. The maximum Gasteiger partial charge on any atom is 0.191 e. The van der Waals surface area contributed by atoms with Crippen LogP contribution in [0.5, 0.6) is 0 Å². The van der Waals surface area contributed by atoms with E-state index in [2.05, 4.69) is 29.5 Å². The van der Waals surface area contributed by atoms with Gasteiger partial charge >= 0.3 is 0 Å². The van der Waals surface area contributed by atoms with Gasteiger partial charge in [0.15, 0.2) is 5.96 Å². The fourth-order valence-electron chi connectivity index (χ4n) is 3.58. The quantitative estimate of drug-likeness (QED) is 0.294. The lowest BCUT2D eigenvalue weighted by Gasteiger charge is -2.61. The molecule has 124 valence electrons. The monoisotopic (exact) mass is 409 g/mol. The van der Waals surface area contributed by atoms with Gasteiger partial charge in [-0.15, -0.1) is 24.0 Å². The highest BCUT2D eigenvalue weighted by molar-refractivity contribution is 14.0. The average molecular weight is 409 g/mol. The number of nitrogens with zero attached hydrogens (tertiary/aromatic N) is 1. The molecule has 2 N–H and O–H groups in total. The Morgan fingerprint density at radius 1 is 1.29 bits per heavy atom. The van der Waals surface area contributed by atoms with Crippen LogP contribution in [0.2, 0.25) is 0 Å². The van der Waals surface area contributed by atoms with Crippen LogP contribution < -0.4 is 10.6 Å². The fourth-order valence-corrected chi connectivity index (χ4v) is 3.58. The van der Waals surface area contributed by atoms with Crippen molar-refractivity contribution in [2.24, 2.45) is 10.4 Å². The number of guanidine groups is 1. The van der Waals surface area contributed by atoms with Crippen molar-refractivity contribution in [1.29, 1.82) is 0 Å². The molecule has 0 heterocycles. The van der Waals surface area contributed by atoms with Crippen LogP contribution in [0.1, 0.15) is 58.8 Å². The third-order valence-electron chi connectivity index (χ3n) is 5.04. The van der Waals surface area contributed by atoms with E-state index in [0.717, 1.165) is 25.5 Å². The predicted molar refractivity (Wildman–Crippen MR) is 99.5 cm³/mol. The summed E-state index contributed by atoms with van der Waals surface area (Å²) in [5, 5.41) is 7.05. The molecule has 0 saturated heterocycles. The number of halogens is 1. The van der Waals surface area contributed by atoms with Crippen LogP contribution in [0.25, 0.3) is 0 Å². The number of ether oxygens (including phenoxy) is 1. The first-order valence-electron chi connectivity index (χ1n) is 8.35. The van der Waals surface area contributed by atoms with E-state index in [1.165, 1.54) is 38.5 Å². The summed E-state index contributed by atoms with van der Waals surface area (Å²) in [7, 11) is 1.86. The van der Waals surface area contributed by atoms with E-state index in [-0.39, 0.29) is 24.0 Å². The van der Waals surface area contributed by atoms with Crippen LogP contribution >= 0.6 is 24.0 Å². The zero-order valence-electron chi connectivity index (χ0n) is 13.8. The molecule has 0 aliphatic heterocycles. The smallest absolute Gasteiger partial charge is 0.191 e. The van der Waals surface area contributed by atoms with Crippen molar-refractivity contribution in [3.63, 3.8) is 0 Å². The Bertz CT molecular complexity index is 331. The minimum atomic E-state index is 0. The molecule has 0 radical (unpaired) electrons. The van der Waals surface area contributed by atoms with E-state index in [1.54, 1.807) is 0 Å². The molecule has 0 bridgehead atoms. The molecule has 0 aromatic carbocycles. The Hall–Kier alpha value is -0.0400. The summed E-state index contributed by atoms with van der Waals surface area (Å²) in [5.74, 6) is 0.965. The molecule has 0 aromatic rings. The second kappa shape index (κ2) is 9.18. The van der Waals surface area contributed by atoms with Gasteiger partial charge < -0.3 is 15.4 Å². The first-order chi connectivity index (χ1) is 9.76. The van der Waals surface area contributed by atoms with Gasteiger partial charge in [0.25, 0.3) is 0 Å². The molecule has 2 fully saturated rings. The molecule has 4 nitrogen and oxygen atoms in total. The minimum absolute atomic E-state index is 0. The van der Waals surface area contributed by atoms with Crippen LogP contribution in [0.3, 0.4) is 0 Å². The number of rotatable bonds is 7. The molecule has 2 rings (SSSR count). The van der Waals surface area contributed by atoms with Crippen molar-refractivity contribution >= 4 is 29.9 Å². The van der Waals surface area contributed by atoms with Crippen molar-refractivity contribution in [1.82, 2.24) is 10.6 Å². The Kier molecular flexibility index (Phi) is 8.31. The van der Waals surface area contributed by atoms with Gasteiger partial charge in [-0.1, -0.05) is 26.2 Å². The molecule has 2 unspecified atom stereocenters. The Balaban J connectivity index is 0.00000220. The lowest BCUT2D eigenvalue weighted by atomic mass is 9.51. The van der Waals surface area contributed by atoms with Gasteiger partial charge in [-0.05, 0) is 32.6 Å². The maximum atomic E-state index is 5.89. The molecule has 2 aliphatic rings. The number of hydrogen-bond acceptors (Lipinski definition) is 2. The molecule has 0 amide bonds. The maximum absolute atomic E-state index is 5.89. The third kappa shape index (κ3) is 4.24. The second-order valence-corrected chi connectivity index (χ2v) is 6.17. The van der Waals surface area contributed by atoms with Crippen molar-refractivity contribution in [2.75, 3.05) is 20.2 Å². The number of unbranched alkanes of at least 4 members (excludes halogenated alkanes) is 2. The van der Waals surface area contributed by atoms with E-state index in [1.807, 2.05) is 7.05 Å². The van der Waals surface area contributed by atoms with E-state index >= 15 is 0 Å².